The van der Waals surface area contributed by atoms with Gasteiger partial charge >= 0.3 is 6.09 Å². The number of aromatic amines is 1. The molecule has 0 bridgehead atoms. The lowest BCUT2D eigenvalue weighted by atomic mass is 10.2. The Bertz CT molecular complexity index is 949. The highest BCUT2D eigenvalue weighted by Crippen LogP contribution is 2.24. The number of aromatic nitrogens is 2. The van der Waals surface area contributed by atoms with Crippen molar-refractivity contribution in [3.8, 4) is 0 Å². The minimum absolute atomic E-state index is 0.186. The molecule has 2 heterocycles. The molecular weight excluding hydrogens is 332 g/mol. The average molecular weight is 352 g/mol. The summed E-state index contributed by atoms with van der Waals surface area (Å²) in [5, 5.41) is 6.54. The zero-order chi connectivity index (χ0) is 18.5. The van der Waals surface area contributed by atoms with Gasteiger partial charge in [0, 0.05) is 22.8 Å². The second-order valence-corrected chi connectivity index (χ2v) is 5.79. The van der Waals surface area contributed by atoms with E-state index in [0.29, 0.717) is 23.6 Å². The van der Waals surface area contributed by atoms with E-state index >= 15 is 0 Å². The van der Waals surface area contributed by atoms with Crippen LogP contribution >= 0.6 is 0 Å². The van der Waals surface area contributed by atoms with E-state index < -0.39 is 6.09 Å². The molecule has 7 nitrogen and oxygen atoms in total. The van der Waals surface area contributed by atoms with Gasteiger partial charge in [0.15, 0.2) is 0 Å². The third-order valence-electron chi connectivity index (χ3n) is 3.81. The van der Waals surface area contributed by atoms with Gasteiger partial charge in [0.2, 0.25) is 0 Å². The fraction of sp³-hybridized carbons (Fsp3) is 0.211. The first-order valence-corrected chi connectivity index (χ1v) is 8.32. The van der Waals surface area contributed by atoms with Crippen LogP contribution in [0.5, 0.6) is 0 Å². The highest BCUT2D eigenvalue weighted by Gasteiger charge is 2.11. The molecule has 0 aliphatic rings. The number of carbonyl (C=O) groups is 2. The van der Waals surface area contributed by atoms with Crippen molar-refractivity contribution in [1.82, 2.24) is 15.3 Å². The number of rotatable bonds is 5. The van der Waals surface area contributed by atoms with Crippen molar-refractivity contribution >= 4 is 28.6 Å². The van der Waals surface area contributed by atoms with E-state index in [1.54, 1.807) is 19.1 Å². The summed E-state index contributed by atoms with van der Waals surface area (Å²) in [7, 11) is 0. The number of alkyl carbamates (subject to hydrolysis) is 1. The second kappa shape index (κ2) is 7.69. The number of nitrogens with zero attached hydrogens (tertiary/aromatic N) is 1. The van der Waals surface area contributed by atoms with Crippen LogP contribution in [0.1, 0.15) is 28.7 Å². The molecule has 0 unspecified atom stereocenters. The van der Waals surface area contributed by atoms with E-state index in [4.69, 9.17) is 4.74 Å². The first-order valence-electron chi connectivity index (χ1n) is 8.32. The van der Waals surface area contributed by atoms with E-state index in [-0.39, 0.29) is 12.5 Å². The zero-order valence-electron chi connectivity index (χ0n) is 14.6. The molecule has 2 amide bonds. The van der Waals surface area contributed by atoms with Crippen LogP contribution < -0.4 is 10.6 Å². The van der Waals surface area contributed by atoms with Gasteiger partial charge in [0.25, 0.3) is 5.91 Å². The number of para-hydroxylation sites is 1. The van der Waals surface area contributed by atoms with Gasteiger partial charge in [-0.05, 0) is 38.1 Å². The highest BCUT2D eigenvalue weighted by atomic mass is 16.5. The molecule has 0 aliphatic heterocycles. The van der Waals surface area contributed by atoms with Crippen LogP contribution in [0.3, 0.4) is 0 Å². The summed E-state index contributed by atoms with van der Waals surface area (Å²) in [6.07, 6.45) is 1.02. The Kier molecular flexibility index (Phi) is 5.17. The summed E-state index contributed by atoms with van der Waals surface area (Å²) in [4.78, 5) is 31.4. The van der Waals surface area contributed by atoms with Crippen molar-refractivity contribution in [1.29, 1.82) is 0 Å². The Labute approximate surface area is 150 Å². The third kappa shape index (κ3) is 4.00. The molecule has 2 aromatic heterocycles. The highest BCUT2D eigenvalue weighted by molar-refractivity contribution is 6.08. The maximum Gasteiger partial charge on any atom is 0.407 e. The number of nitrogens with one attached hydrogen (secondary N) is 3. The van der Waals surface area contributed by atoms with E-state index in [0.717, 1.165) is 16.6 Å². The van der Waals surface area contributed by atoms with Gasteiger partial charge in [0.1, 0.15) is 0 Å². The molecule has 0 radical (unpaired) electrons. The number of hydrogen-bond acceptors (Lipinski definition) is 4. The molecule has 1 aromatic carbocycles. The van der Waals surface area contributed by atoms with Crippen molar-refractivity contribution in [3.63, 3.8) is 0 Å². The lowest BCUT2D eigenvalue weighted by molar-refractivity contribution is 0.102. The van der Waals surface area contributed by atoms with Crippen LogP contribution in [0.15, 0.2) is 42.6 Å². The molecule has 7 heteroatoms. The average Bonchev–Trinajstić information content (AvgIpc) is 3.02. The lowest BCUT2D eigenvalue weighted by Crippen LogP contribution is -2.24. The Hall–Kier alpha value is -3.35. The third-order valence-corrected chi connectivity index (χ3v) is 3.81. The number of H-pyrrole nitrogens is 1. The van der Waals surface area contributed by atoms with Gasteiger partial charge in [-0.1, -0.05) is 12.1 Å². The Balaban J connectivity index is 1.73. The molecule has 0 fully saturated rings. The lowest BCUT2D eigenvalue weighted by Gasteiger charge is -2.08. The molecule has 0 spiro atoms. The van der Waals surface area contributed by atoms with Crippen LogP contribution in [0.25, 0.3) is 10.9 Å². The normalized spacial score (nSPS) is 10.5. The number of pyridine rings is 1. The standard InChI is InChI=1S/C19H20N4O3/c1-3-26-19(25)21-11-15-10-14(7-8-20-15)18(24)23-16-6-4-5-13-9-12(2)22-17(13)16/h4-10,22H,3,11H2,1-2H3,(H,21,25)(H,23,24). The number of fused-ring (bicyclic) bond motifs is 1. The number of carbonyl (C=O) groups excluding carboxylic acids is 2. The van der Waals surface area contributed by atoms with Gasteiger partial charge < -0.3 is 20.4 Å². The smallest absolute Gasteiger partial charge is 0.407 e. The molecule has 0 atom stereocenters. The Morgan fingerprint density at radius 2 is 2.08 bits per heavy atom. The number of aryl methyl sites for hydroxylation is 1. The summed E-state index contributed by atoms with van der Waals surface area (Å²) < 4.78 is 4.80. The molecule has 26 heavy (non-hydrogen) atoms. The van der Waals surface area contributed by atoms with Crippen molar-refractivity contribution < 1.29 is 14.3 Å². The van der Waals surface area contributed by atoms with E-state index in [1.165, 1.54) is 6.20 Å². The molecule has 3 rings (SSSR count). The fourth-order valence-corrected chi connectivity index (χ4v) is 2.66. The summed E-state index contributed by atoms with van der Waals surface area (Å²) in [5.41, 5.74) is 3.65. The molecule has 0 saturated heterocycles. The first-order chi connectivity index (χ1) is 12.6. The number of ether oxygens (including phenoxy) is 1. The molecule has 3 aromatic rings. The number of hydrogen-bond donors (Lipinski definition) is 3. The van der Waals surface area contributed by atoms with Crippen LogP contribution in [0, 0.1) is 6.92 Å². The van der Waals surface area contributed by atoms with Gasteiger partial charge in [0.05, 0.1) is 30.0 Å². The van der Waals surface area contributed by atoms with E-state index in [9.17, 15) is 9.59 Å². The van der Waals surface area contributed by atoms with Crippen molar-refractivity contribution in [2.45, 2.75) is 20.4 Å². The summed E-state index contributed by atoms with van der Waals surface area (Å²) in [5.74, 6) is -0.246. The van der Waals surface area contributed by atoms with Gasteiger partial charge in [-0.15, -0.1) is 0 Å². The molecule has 0 aliphatic carbocycles. The minimum atomic E-state index is -0.516. The SMILES string of the molecule is CCOC(=O)NCc1cc(C(=O)Nc2cccc3cc(C)[nH]c23)ccn1. The Morgan fingerprint density at radius 1 is 1.23 bits per heavy atom. The van der Waals surface area contributed by atoms with E-state index in [1.807, 2.05) is 31.2 Å². The summed E-state index contributed by atoms with van der Waals surface area (Å²) >= 11 is 0. The van der Waals surface area contributed by atoms with Crippen molar-refractivity contribution in [2.24, 2.45) is 0 Å². The fourth-order valence-electron chi connectivity index (χ4n) is 2.66. The quantitative estimate of drug-likeness (QED) is 0.656. The minimum Gasteiger partial charge on any atom is -0.450 e. The van der Waals surface area contributed by atoms with Gasteiger partial charge in [-0.2, -0.15) is 0 Å². The van der Waals surface area contributed by atoms with Crippen LogP contribution in [-0.4, -0.2) is 28.6 Å². The zero-order valence-corrected chi connectivity index (χ0v) is 14.6. The predicted molar refractivity (Wildman–Crippen MR) is 99.1 cm³/mol. The number of amides is 2. The number of anilines is 1. The van der Waals surface area contributed by atoms with Crippen molar-refractivity contribution in [2.75, 3.05) is 11.9 Å². The second-order valence-electron chi connectivity index (χ2n) is 5.79. The number of benzene rings is 1. The molecular formula is C19H20N4O3. The predicted octanol–water partition coefficient (Wildman–Crippen LogP) is 3.37. The molecule has 3 N–H and O–H groups in total. The summed E-state index contributed by atoms with van der Waals surface area (Å²) in [6.45, 7) is 4.18. The monoisotopic (exact) mass is 352 g/mol. The van der Waals surface area contributed by atoms with Crippen LogP contribution in [-0.2, 0) is 11.3 Å². The largest absolute Gasteiger partial charge is 0.450 e. The maximum atomic E-state index is 12.6. The van der Waals surface area contributed by atoms with Crippen LogP contribution in [0.4, 0.5) is 10.5 Å². The Morgan fingerprint density at radius 3 is 2.88 bits per heavy atom. The summed E-state index contributed by atoms with van der Waals surface area (Å²) in [6, 6.07) is 11.0. The maximum absolute atomic E-state index is 12.6. The van der Waals surface area contributed by atoms with E-state index in [2.05, 4.69) is 20.6 Å². The van der Waals surface area contributed by atoms with Gasteiger partial charge in [-0.3, -0.25) is 9.78 Å². The van der Waals surface area contributed by atoms with Gasteiger partial charge in [-0.25, -0.2) is 4.79 Å². The van der Waals surface area contributed by atoms with Crippen LogP contribution in [0.2, 0.25) is 0 Å². The molecule has 134 valence electrons. The first kappa shape index (κ1) is 17.5. The molecule has 0 saturated carbocycles. The van der Waals surface area contributed by atoms with Crippen molar-refractivity contribution in [3.05, 3.63) is 59.5 Å². The topological polar surface area (TPSA) is 96.1 Å².